The lowest BCUT2D eigenvalue weighted by Crippen LogP contribution is -2.48. The van der Waals surface area contributed by atoms with Gasteiger partial charge in [-0.15, -0.1) is 11.3 Å². The zero-order valence-electron chi connectivity index (χ0n) is 15.0. The smallest absolute Gasteiger partial charge is 0.273 e. The maximum atomic E-state index is 12.2. The molecule has 7 heteroatoms. The third-order valence-corrected chi connectivity index (χ3v) is 5.60. The van der Waals surface area contributed by atoms with E-state index in [0.29, 0.717) is 18.0 Å². The average molecular weight is 382 g/mol. The maximum absolute atomic E-state index is 12.2. The highest BCUT2D eigenvalue weighted by Crippen LogP contribution is 2.25. The Balaban J connectivity index is 1.21. The monoisotopic (exact) mass is 382 g/mol. The summed E-state index contributed by atoms with van der Waals surface area (Å²) in [7, 11) is 0. The van der Waals surface area contributed by atoms with E-state index in [9.17, 15) is 4.79 Å². The van der Waals surface area contributed by atoms with Gasteiger partial charge in [0.25, 0.3) is 5.91 Å². The number of nitrogens with zero attached hydrogens (tertiary/aromatic N) is 3. The molecule has 6 nitrogen and oxygen atoms in total. The van der Waals surface area contributed by atoms with E-state index in [0.717, 1.165) is 37.6 Å². The van der Waals surface area contributed by atoms with Gasteiger partial charge in [-0.3, -0.25) is 9.69 Å². The zero-order chi connectivity index (χ0) is 18.5. The molecule has 27 heavy (non-hydrogen) atoms. The first-order valence-corrected chi connectivity index (χ1v) is 9.99. The third-order valence-electron chi connectivity index (χ3n) is 4.71. The van der Waals surface area contributed by atoms with Crippen molar-refractivity contribution in [2.75, 3.05) is 44.2 Å². The molecule has 3 heterocycles. The first kappa shape index (κ1) is 17.8. The van der Waals surface area contributed by atoms with E-state index >= 15 is 0 Å². The fourth-order valence-electron chi connectivity index (χ4n) is 3.20. The van der Waals surface area contributed by atoms with Gasteiger partial charge in [0.05, 0.1) is 4.88 Å². The number of nitrogens with one attached hydrogen (secondary N) is 1. The Bertz CT molecular complexity index is 855. The second-order valence-corrected chi connectivity index (χ2v) is 7.42. The van der Waals surface area contributed by atoms with Crippen LogP contribution in [0.1, 0.15) is 10.5 Å². The van der Waals surface area contributed by atoms with Gasteiger partial charge in [-0.05, 0) is 23.6 Å². The summed E-state index contributed by atoms with van der Waals surface area (Å²) in [6, 6.07) is 16.1. The van der Waals surface area contributed by atoms with Crippen molar-refractivity contribution in [1.29, 1.82) is 0 Å². The Morgan fingerprint density at radius 2 is 1.93 bits per heavy atom. The summed E-state index contributed by atoms with van der Waals surface area (Å²) >= 11 is 1.56. The molecule has 2 aromatic heterocycles. The van der Waals surface area contributed by atoms with Crippen LogP contribution in [0.3, 0.4) is 0 Å². The van der Waals surface area contributed by atoms with Crippen LogP contribution in [0.4, 0.5) is 5.69 Å². The molecule has 0 aliphatic carbocycles. The van der Waals surface area contributed by atoms with Gasteiger partial charge in [0.15, 0.2) is 11.5 Å². The van der Waals surface area contributed by atoms with Gasteiger partial charge in [0, 0.05) is 51.0 Å². The Morgan fingerprint density at radius 3 is 2.67 bits per heavy atom. The van der Waals surface area contributed by atoms with E-state index in [1.807, 2.05) is 23.6 Å². The predicted octanol–water partition coefficient (Wildman–Crippen LogP) is 2.96. The number of benzene rings is 1. The first-order valence-electron chi connectivity index (χ1n) is 9.11. The Kier molecular flexibility index (Phi) is 5.50. The fraction of sp³-hybridized carbons (Fsp3) is 0.300. The van der Waals surface area contributed by atoms with E-state index in [1.165, 1.54) is 5.69 Å². The number of carbonyl (C=O) groups excluding carboxylic acids is 1. The molecular formula is C20H22N4O2S. The largest absolute Gasteiger partial charge is 0.369 e. The van der Waals surface area contributed by atoms with Crippen LogP contribution in [-0.2, 0) is 0 Å². The van der Waals surface area contributed by atoms with E-state index < -0.39 is 0 Å². The standard InChI is InChI=1S/C20H22N4O2S/c25-20(17-15-18(26-22-17)19-7-4-14-27-19)21-8-9-23-10-12-24(13-11-23)16-5-2-1-3-6-16/h1-7,14-15H,8-13H2,(H,21,25). The molecule has 3 aromatic rings. The lowest BCUT2D eigenvalue weighted by atomic mass is 10.2. The van der Waals surface area contributed by atoms with E-state index in [1.54, 1.807) is 17.4 Å². The number of aromatic nitrogens is 1. The van der Waals surface area contributed by atoms with Crippen LogP contribution in [0.2, 0.25) is 0 Å². The number of anilines is 1. The maximum Gasteiger partial charge on any atom is 0.273 e. The normalized spacial score (nSPS) is 15.0. The molecule has 0 atom stereocenters. The van der Waals surface area contributed by atoms with E-state index in [4.69, 9.17) is 4.52 Å². The van der Waals surface area contributed by atoms with Crippen LogP contribution in [0.5, 0.6) is 0 Å². The van der Waals surface area contributed by atoms with Crippen LogP contribution in [0.25, 0.3) is 10.6 Å². The highest BCUT2D eigenvalue weighted by Gasteiger charge is 2.18. The Hall–Kier alpha value is -2.64. The molecule has 0 unspecified atom stereocenters. The van der Waals surface area contributed by atoms with Crippen molar-refractivity contribution < 1.29 is 9.32 Å². The van der Waals surface area contributed by atoms with Crippen molar-refractivity contribution in [2.45, 2.75) is 0 Å². The van der Waals surface area contributed by atoms with Gasteiger partial charge in [-0.1, -0.05) is 29.4 Å². The minimum atomic E-state index is -0.190. The Labute approximate surface area is 162 Å². The number of amides is 1. The van der Waals surface area contributed by atoms with Crippen LogP contribution in [-0.4, -0.2) is 55.2 Å². The minimum Gasteiger partial charge on any atom is -0.369 e. The lowest BCUT2D eigenvalue weighted by Gasteiger charge is -2.36. The molecule has 1 amide bonds. The van der Waals surface area contributed by atoms with Crippen LogP contribution < -0.4 is 10.2 Å². The van der Waals surface area contributed by atoms with Crippen molar-refractivity contribution in [3.63, 3.8) is 0 Å². The molecule has 0 saturated carbocycles. The summed E-state index contributed by atoms with van der Waals surface area (Å²) in [5, 5.41) is 8.78. The molecule has 1 aliphatic heterocycles. The summed E-state index contributed by atoms with van der Waals surface area (Å²) in [5.41, 5.74) is 1.60. The summed E-state index contributed by atoms with van der Waals surface area (Å²) < 4.78 is 5.26. The van der Waals surface area contributed by atoms with Crippen molar-refractivity contribution >= 4 is 22.9 Å². The molecule has 1 fully saturated rings. The second-order valence-electron chi connectivity index (χ2n) is 6.47. The highest BCUT2D eigenvalue weighted by atomic mass is 32.1. The second kappa shape index (κ2) is 8.37. The number of hydrogen-bond donors (Lipinski definition) is 1. The number of rotatable bonds is 6. The van der Waals surface area contributed by atoms with Gasteiger partial charge >= 0.3 is 0 Å². The topological polar surface area (TPSA) is 61.6 Å². The fourth-order valence-corrected chi connectivity index (χ4v) is 3.88. The van der Waals surface area contributed by atoms with Crippen molar-refractivity contribution in [2.24, 2.45) is 0 Å². The van der Waals surface area contributed by atoms with Gasteiger partial charge < -0.3 is 14.7 Å². The number of carbonyl (C=O) groups is 1. The molecule has 0 spiro atoms. The minimum absolute atomic E-state index is 0.190. The summed E-state index contributed by atoms with van der Waals surface area (Å²) in [6.45, 7) is 5.45. The van der Waals surface area contributed by atoms with Crippen molar-refractivity contribution in [3.05, 3.63) is 59.6 Å². The molecule has 0 radical (unpaired) electrons. The molecule has 1 saturated heterocycles. The number of thiophene rings is 1. The van der Waals surface area contributed by atoms with Crippen molar-refractivity contribution in [3.8, 4) is 10.6 Å². The van der Waals surface area contributed by atoms with Crippen LogP contribution in [0, 0.1) is 0 Å². The lowest BCUT2D eigenvalue weighted by molar-refractivity contribution is 0.0939. The van der Waals surface area contributed by atoms with Gasteiger partial charge in [-0.25, -0.2) is 0 Å². The van der Waals surface area contributed by atoms with Crippen LogP contribution in [0.15, 0.2) is 58.4 Å². The van der Waals surface area contributed by atoms with E-state index in [2.05, 4.69) is 44.5 Å². The van der Waals surface area contributed by atoms with Crippen molar-refractivity contribution in [1.82, 2.24) is 15.4 Å². The third kappa shape index (κ3) is 4.37. The SMILES string of the molecule is O=C(NCCN1CCN(c2ccccc2)CC1)c1cc(-c2cccs2)on1. The quantitative estimate of drug-likeness (QED) is 0.710. The predicted molar refractivity (Wildman–Crippen MR) is 107 cm³/mol. The summed E-state index contributed by atoms with van der Waals surface area (Å²) in [6.07, 6.45) is 0. The molecule has 1 aliphatic rings. The van der Waals surface area contributed by atoms with Gasteiger partial charge in [0.1, 0.15) is 0 Å². The highest BCUT2D eigenvalue weighted by molar-refractivity contribution is 7.13. The number of para-hydroxylation sites is 1. The first-order chi connectivity index (χ1) is 13.3. The molecule has 0 bridgehead atoms. The molecule has 1 aromatic carbocycles. The van der Waals surface area contributed by atoms with E-state index in [-0.39, 0.29) is 5.91 Å². The number of hydrogen-bond acceptors (Lipinski definition) is 6. The molecule has 4 rings (SSSR count). The molecule has 1 N–H and O–H groups in total. The summed E-state index contributed by atoms with van der Waals surface area (Å²) in [5.74, 6) is 0.441. The van der Waals surface area contributed by atoms with Crippen LogP contribution >= 0.6 is 11.3 Å². The van der Waals surface area contributed by atoms with Gasteiger partial charge in [0.2, 0.25) is 0 Å². The average Bonchev–Trinajstić information content (AvgIpc) is 3.41. The molecule has 140 valence electrons. The number of piperazine rings is 1. The Morgan fingerprint density at radius 1 is 1.11 bits per heavy atom. The summed E-state index contributed by atoms with van der Waals surface area (Å²) in [4.78, 5) is 18.0. The zero-order valence-corrected chi connectivity index (χ0v) is 15.8. The van der Waals surface area contributed by atoms with Gasteiger partial charge in [-0.2, -0.15) is 0 Å². The molecular weight excluding hydrogens is 360 g/mol.